The second-order valence-corrected chi connectivity index (χ2v) is 6.96. The SMILES string of the molecule is CC(=O)c1ccc(NC(=O)C[NH+]2CCC[C@@H]2c2cccs2)cc1. The van der Waals surface area contributed by atoms with Crippen molar-refractivity contribution < 1.29 is 14.5 Å². The summed E-state index contributed by atoms with van der Waals surface area (Å²) in [5.74, 6) is 0.0576. The van der Waals surface area contributed by atoms with Crippen LogP contribution >= 0.6 is 11.3 Å². The van der Waals surface area contributed by atoms with Crippen molar-refractivity contribution in [3.63, 3.8) is 0 Å². The maximum Gasteiger partial charge on any atom is 0.279 e. The first kappa shape index (κ1) is 15.9. The zero-order valence-electron chi connectivity index (χ0n) is 13.2. The van der Waals surface area contributed by atoms with Crippen LogP contribution in [0.15, 0.2) is 41.8 Å². The molecule has 2 heterocycles. The number of quaternary nitrogens is 1. The summed E-state index contributed by atoms with van der Waals surface area (Å²) >= 11 is 1.77. The smallest absolute Gasteiger partial charge is 0.279 e. The lowest BCUT2D eigenvalue weighted by molar-refractivity contribution is -0.910. The van der Waals surface area contributed by atoms with Gasteiger partial charge in [0.25, 0.3) is 5.91 Å². The molecule has 3 rings (SSSR count). The summed E-state index contributed by atoms with van der Waals surface area (Å²) in [5.41, 5.74) is 1.40. The summed E-state index contributed by atoms with van der Waals surface area (Å²) in [4.78, 5) is 26.3. The minimum atomic E-state index is 0.0269. The van der Waals surface area contributed by atoms with Crippen LogP contribution in [-0.4, -0.2) is 24.8 Å². The van der Waals surface area contributed by atoms with Crippen molar-refractivity contribution in [1.29, 1.82) is 0 Å². The number of anilines is 1. The van der Waals surface area contributed by atoms with Crippen molar-refractivity contribution in [2.75, 3.05) is 18.4 Å². The fourth-order valence-corrected chi connectivity index (χ4v) is 4.08. The van der Waals surface area contributed by atoms with Gasteiger partial charge in [-0.2, -0.15) is 0 Å². The largest absolute Gasteiger partial charge is 0.321 e. The van der Waals surface area contributed by atoms with E-state index in [0.29, 0.717) is 18.2 Å². The van der Waals surface area contributed by atoms with Crippen LogP contribution in [0.4, 0.5) is 5.69 Å². The molecular formula is C18H21N2O2S+. The van der Waals surface area contributed by atoms with Gasteiger partial charge >= 0.3 is 0 Å². The number of amides is 1. The first-order chi connectivity index (χ1) is 11.1. The van der Waals surface area contributed by atoms with E-state index < -0.39 is 0 Å². The lowest BCUT2D eigenvalue weighted by Gasteiger charge is -2.20. The lowest BCUT2D eigenvalue weighted by Crippen LogP contribution is -3.11. The number of thiophene rings is 1. The number of hydrogen-bond donors (Lipinski definition) is 2. The molecule has 2 N–H and O–H groups in total. The van der Waals surface area contributed by atoms with Gasteiger partial charge in [-0.3, -0.25) is 9.59 Å². The number of rotatable bonds is 5. The monoisotopic (exact) mass is 329 g/mol. The van der Waals surface area contributed by atoms with Gasteiger partial charge in [0.2, 0.25) is 0 Å². The second-order valence-electron chi connectivity index (χ2n) is 5.98. The summed E-state index contributed by atoms with van der Waals surface area (Å²) < 4.78 is 0. The molecular weight excluding hydrogens is 308 g/mol. The van der Waals surface area contributed by atoms with E-state index in [9.17, 15) is 9.59 Å². The number of carbonyl (C=O) groups is 2. The molecule has 1 unspecified atom stereocenters. The van der Waals surface area contributed by atoms with E-state index in [1.165, 1.54) is 23.1 Å². The van der Waals surface area contributed by atoms with Crippen LogP contribution in [0.25, 0.3) is 0 Å². The highest BCUT2D eigenvalue weighted by molar-refractivity contribution is 7.10. The number of benzene rings is 1. The highest BCUT2D eigenvalue weighted by Gasteiger charge is 2.32. The Kier molecular flexibility index (Phi) is 4.88. The Morgan fingerprint density at radius 2 is 2.04 bits per heavy atom. The standard InChI is InChI=1S/C18H20N2O2S/c1-13(21)14-6-8-15(9-7-14)19-18(22)12-20-10-2-4-16(20)17-5-3-11-23-17/h3,5-9,11,16H,2,4,10,12H2,1H3,(H,19,22)/p+1/t16-/m1/s1. The molecule has 1 fully saturated rings. The maximum absolute atomic E-state index is 12.3. The normalized spacial score (nSPS) is 20.4. The number of Topliss-reactive ketones (excluding diaryl/α,β-unsaturated/α-hetero) is 1. The van der Waals surface area contributed by atoms with Gasteiger partial charge in [-0.15, -0.1) is 11.3 Å². The molecule has 1 amide bonds. The van der Waals surface area contributed by atoms with Gasteiger partial charge in [0.1, 0.15) is 6.04 Å². The molecule has 1 aliphatic rings. The molecule has 5 heteroatoms. The Balaban J connectivity index is 1.59. The third-order valence-electron chi connectivity index (χ3n) is 4.33. The predicted octanol–water partition coefficient (Wildman–Crippen LogP) is 2.31. The second kappa shape index (κ2) is 7.06. The van der Waals surface area contributed by atoms with Gasteiger partial charge in [-0.05, 0) is 42.6 Å². The Hall–Kier alpha value is -1.98. The van der Waals surface area contributed by atoms with E-state index in [4.69, 9.17) is 0 Å². The summed E-state index contributed by atoms with van der Waals surface area (Å²) in [6.07, 6.45) is 2.31. The molecule has 2 atom stereocenters. The molecule has 120 valence electrons. The Bertz CT molecular complexity index is 680. The van der Waals surface area contributed by atoms with E-state index in [1.54, 1.807) is 35.6 Å². The molecule has 0 spiro atoms. The minimum Gasteiger partial charge on any atom is -0.321 e. The van der Waals surface area contributed by atoms with Gasteiger partial charge in [-0.1, -0.05) is 6.07 Å². The number of nitrogens with one attached hydrogen (secondary N) is 2. The quantitative estimate of drug-likeness (QED) is 0.827. The zero-order chi connectivity index (χ0) is 16.2. The van der Waals surface area contributed by atoms with Crippen molar-refractivity contribution >= 4 is 28.7 Å². The van der Waals surface area contributed by atoms with Crippen LogP contribution in [0.3, 0.4) is 0 Å². The van der Waals surface area contributed by atoms with E-state index in [2.05, 4.69) is 22.8 Å². The maximum atomic E-state index is 12.3. The molecule has 0 radical (unpaired) electrons. The third-order valence-corrected chi connectivity index (χ3v) is 5.32. The first-order valence-corrected chi connectivity index (χ1v) is 8.80. The van der Waals surface area contributed by atoms with Gasteiger partial charge < -0.3 is 10.2 Å². The minimum absolute atomic E-state index is 0.0269. The summed E-state index contributed by atoms with van der Waals surface area (Å²) in [5, 5.41) is 5.03. The first-order valence-electron chi connectivity index (χ1n) is 7.92. The van der Waals surface area contributed by atoms with Crippen LogP contribution in [-0.2, 0) is 4.79 Å². The lowest BCUT2D eigenvalue weighted by atomic mass is 10.1. The fourth-order valence-electron chi connectivity index (χ4n) is 3.16. The predicted molar refractivity (Wildman–Crippen MR) is 92.1 cm³/mol. The topological polar surface area (TPSA) is 50.6 Å². The average Bonchev–Trinajstić information content (AvgIpc) is 3.18. The fraction of sp³-hybridized carbons (Fsp3) is 0.333. The average molecular weight is 329 g/mol. The Morgan fingerprint density at radius 3 is 2.70 bits per heavy atom. The summed E-state index contributed by atoms with van der Waals surface area (Å²) in [6, 6.07) is 11.7. The molecule has 1 aromatic carbocycles. The van der Waals surface area contributed by atoms with Crippen LogP contribution < -0.4 is 10.2 Å². The van der Waals surface area contributed by atoms with E-state index in [1.807, 2.05) is 0 Å². The van der Waals surface area contributed by atoms with Crippen LogP contribution in [0.5, 0.6) is 0 Å². The molecule has 0 saturated carbocycles. The van der Waals surface area contributed by atoms with Gasteiger partial charge in [-0.25, -0.2) is 0 Å². The van der Waals surface area contributed by atoms with Gasteiger partial charge in [0.05, 0.1) is 11.4 Å². The highest BCUT2D eigenvalue weighted by Crippen LogP contribution is 2.23. The van der Waals surface area contributed by atoms with Gasteiger partial charge in [0.15, 0.2) is 12.3 Å². The van der Waals surface area contributed by atoms with Crippen LogP contribution in [0.2, 0.25) is 0 Å². The number of ketones is 1. The highest BCUT2D eigenvalue weighted by atomic mass is 32.1. The number of hydrogen-bond acceptors (Lipinski definition) is 3. The van der Waals surface area contributed by atoms with Crippen molar-refractivity contribution in [2.24, 2.45) is 0 Å². The number of carbonyl (C=O) groups excluding carboxylic acids is 2. The molecule has 2 aromatic rings. The molecule has 1 saturated heterocycles. The van der Waals surface area contributed by atoms with Crippen molar-refractivity contribution in [3.05, 3.63) is 52.2 Å². The van der Waals surface area contributed by atoms with Crippen LogP contribution in [0, 0.1) is 0 Å². The zero-order valence-corrected chi connectivity index (χ0v) is 14.0. The van der Waals surface area contributed by atoms with E-state index in [0.717, 1.165) is 18.7 Å². The molecule has 1 aromatic heterocycles. The molecule has 4 nitrogen and oxygen atoms in total. The Labute approximate surface area is 140 Å². The summed E-state index contributed by atoms with van der Waals surface area (Å²) in [6.45, 7) is 3.06. The molecule has 0 aliphatic carbocycles. The molecule has 23 heavy (non-hydrogen) atoms. The van der Waals surface area contributed by atoms with Crippen molar-refractivity contribution in [3.8, 4) is 0 Å². The van der Waals surface area contributed by atoms with E-state index in [-0.39, 0.29) is 11.7 Å². The molecule has 1 aliphatic heterocycles. The van der Waals surface area contributed by atoms with Crippen molar-refractivity contribution in [2.45, 2.75) is 25.8 Å². The summed E-state index contributed by atoms with van der Waals surface area (Å²) in [7, 11) is 0. The van der Waals surface area contributed by atoms with Crippen LogP contribution in [0.1, 0.15) is 41.0 Å². The van der Waals surface area contributed by atoms with E-state index >= 15 is 0 Å². The third kappa shape index (κ3) is 3.86. The number of likely N-dealkylation sites (tertiary alicyclic amines) is 1. The molecule has 0 bridgehead atoms. The van der Waals surface area contributed by atoms with Crippen molar-refractivity contribution in [1.82, 2.24) is 0 Å². The Morgan fingerprint density at radius 1 is 1.26 bits per heavy atom. The van der Waals surface area contributed by atoms with Gasteiger partial charge in [0, 0.05) is 24.1 Å².